The van der Waals surface area contributed by atoms with E-state index >= 15 is 0 Å². The van der Waals surface area contributed by atoms with Crippen LogP contribution < -0.4 is 20.7 Å². The molecule has 0 bridgehead atoms. The van der Waals surface area contributed by atoms with Gasteiger partial charge in [0.2, 0.25) is 5.95 Å². The second-order valence-corrected chi connectivity index (χ2v) is 9.44. The zero-order valence-electron chi connectivity index (χ0n) is 18.8. The summed E-state index contributed by atoms with van der Waals surface area (Å²) in [5, 5.41) is 10.8. The number of halogens is 1. The van der Waals surface area contributed by atoms with Crippen molar-refractivity contribution < 1.29 is 4.74 Å². The van der Waals surface area contributed by atoms with Gasteiger partial charge in [0.1, 0.15) is 10.8 Å². The molecule has 3 N–H and O–H groups in total. The smallest absolute Gasteiger partial charge is 0.224 e. The Hall–Kier alpha value is -2.05. The molecule has 1 aromatic carbocycles. The molecule has 4 rings (SSSR count). The van der Waals surface area contributed by atoms with E-state index in [9.17, 15) is 0 Å². The molecule has 2 heterocycles. The lowest BCUT2D eigenvalue weighted by Gasteiger charge is -2.26. The first-order valence-electron chi connectivity index (χ1n) is 11.6. The van der Waals surface area contributed by atoms with Gasteiger partial charge in [0.05, 0.1) is 18.0 Å². The maximum atomic E-state index is 6.45. The quantitative estimate of drug-likeness (QED) is 0.503. The van der Waals surface area contributed by atoms with Gasteiger partial charge in [-0.3, -0.25) is 0 Å². The molecule has 2 fully saturated rings. The van der Waals surface area contributed by atoms with E-state index in [1.54, 1.807) is 6.20 Å². The van der Waals surface area contributed by atoms with E-state index in [1.165, 1.54) is 36.8 Å². The number of ether oxygens (including phenoxy) is 1. The number of rotatable bonds is 7. The zero-order chi connectivity index (χ0) is 21.8. The second-order valence-electron chi connectivity index (χ2n) is 9.04. The lowest BCUT2D eigenvalue weighted by molar-refractivity contribution is 0.243. The normalized spacial score (nSPS) is 17.8. The fourth-order valence-corrected chi connectivity index (χ4v) is 4.77. The Bertz CT molecular complexity index is 892. The summed E-state index contributed by atoms with van der Waals surface area (Å²) in [7, 11) is 0. The molecule has 1 saturated heterocycles. The van der Waals surface area contributed by atoms with E-state index in [0.717, 1.165) is 37.4 Å². The summed E-state index contributed by atoms with van der Waals surface area (Å²) < 4.78 is 6.20. The van der Waals surface area contributed by atoms with Crippen LogP contribution in [-0.2, 0) is 0 Å². The summed E-state index contributed by atoms with van der Waals surface area (Å²) in [6.07, 6.45) is 8.89. The summed E-state index contributed by atoms with van der Waals surface area (Å²) in [5.74, 6) is 2.62. The molecule has 0 amide bonds. The topological polar surface area (TPSA) is 71.1 Å². The standard InChI is InChI=1S/C24H34ClN5O/c1-15(2)31-22-13-19(17-8-10-26-11-9-17)16(3)12-21(22)29-23-20(25)14-27-24(30-23)28-18-6-4-5-7-18/h12-15,17-18,26H,4-11H2,1-3H3,(H2,27,28,29,30). The molecule has 0 spiro atoms. The minimum atomic E-state index is 0.0737. The first-order valence-corrected chi connectivity index (χ1v) is 12.0. The summed E-state index contributed by atoms with van der Waals surface area (Å²) in [4.78, 5) is 9.04. The average Bonchev–Trinajstić information content (AvgIpc) is 3.26. The Morgan fingerprint density at radius 2 is 1.87 bits per heavy atom. The highest BCUT2D eigenvalue weighted by molar-refractivity contribution is 6.32. The maximum Gasteiger partial charge on any atom is 0.224 e. The van der Waals surface area contributed by atoms with Crippen LogP contribution in [-0.4, -0.2) is 35.2 Å². The molecule has 1 aliphatic heterocycles. The molecular weight excluding hydrogens is 410 g/mol. The number of hydrogen-bond donors (Lipinski definition) is 3. The molecule has 168 valence electrons. The molecule has 7 heteroatoms. The summed E-state index contributed by atoms with van der Waals surface area (Å²) in [6.45, 7) is 8.41. The largest absolute Gasteiger partial charge is 0.489 e. The molecule has 31 heavy (non-hydrogen) atoms. The van der Waals surface area contributed by atoms with Gasteiger partial charge in [0, 0.05) is 6.04 Å². The predicted molar refractivity (Wildman–Crippen MR) is 128 cm³/mol. The third-order valence-corrected chi connectivity index (χ3v) is 6.47. The predicted octanol–water partition coefficient (Wildman–Crippen LogP) is 5.79. The molecule has 0 atom stereocenters. The van der Waals surface area contributed by atoms with Crippen molar-refractivity contribution in [1.29, 1.82) is 0 Å². The van der Waals surface area contributed by atoms with Crippen LogP contribution in [0.25, 0.3) is 0 Å². The van der Waals surface area contributed by atoms with Gasteiger partial charge in [-0.15, -0.1) is 0 Å². The van der Waals surface area contributed by atoms with Crippen molar-refractivity contribution >= 4 is 29.1 Å². The molecular formula is C24H34ClN5O. The molecule has 1 aliphatic carbocycles. The highest BCUT2D eigenvalue weighted by atomic mass is 35.5. The Labute approximate surface area is 190 Å². The first kappa shape index (κ1) is 22.2. The van der Waals surface area contributed by atoms with Crippen molar-refractivity contribution in [2.45, 2.75) is 77.4 Å². The molecule has 1 saturated carbocycles. The minimum absolute atomic E-state index is 0.0737. The van der Waals surface area contributed by atoms with Crippen LogP contribution in [0.3, 0.4) is 0 Å². The van der Waals surface area contributed by atoms with Gasteiger partial charge in [-0.2, -0.15) is 4.98 Å². The van der Waals surface area contributed by atoms with Gasteiger partial charge in [-0.05, 0) is 88.7 Å². The Morgan fingerprint density at radius 1 is 1.13 bits per heavy atom. The van der Waals surface area contributed by atoms with Gasteiger partial charge < -0.3 is 20.7 Å². The molecule has 2 aliphatic rings. The van der Waals surface area contributed by atoms with E-state index < -0.39 is 0 Å². The highest BCUT2D eigenvalue weighted by Crippen LogP contribution is 2.38. The van der Waals surface area contributed by atoms with Crippen LogP contribution in [0.2, 0.25) is 5.02 Å². The van der Waals surface area contributed by atoms with Gasteiger partial charge in [0.25, 0.3) is 0 Å². The van der Waals surface area contributed by atoms with Gasteiger partial charge in [0.15, 0.2) is 5.82 Å². The van der Waals surface area contributed by atoms with E-state index in [4.69, 9.17) is 16.3 Å². The lowest BCUT2D eigenvalue weighted by Crippen LogP contribution is -2.27. The first-order chi connectivity index (χ1) is 15.0. The van der Waals surface area contributed by atoms with E-state index in [0.29, 0.717) is 28.7 Å². The Kier molecular flexibility index (Phi) is 7.18. The molecule has 0 radical (unpaired) electrons. The lowest BCUT2D eigenvalue weighted by atomic mass is 9.87. The third kappa shape index (κ3) is 5.60. The van der Waals surface area contributed by atoms with E-state index in [2.05, 4.69) is 58.8 Å². The van der Waals surface area contributed by atoms with Crippen molar-refractivity contribution in [3.63, 3.8) is 0 Å². The number of aromatic nitrogens is 2. The van der Waals surface area contributed by atoms with Crippen molar-refractivity contribution in [3.05, 3.63) is 34.5 Å². The number of anilines is 3. The van der Waals surface area contributed by atoms with Crippen molar-refractivity contribution in [3.8, 4) is 5.75 Å². The monoisotopic (exact) mass is 443 g/mol. The summed E-state index contributed by atoms with van der Waals surface area (Å²) in [6, 6.07) is 4.82. The Morgan fingerprint density at radius 3 is 2.58 bits per heavy atom. The molecule has 0 unspecified atom stereocenters. The van der Waals surface area contributed by atoms with Crippen molar-refractivity contribution in [2.24, 2.45) is 0 Å². The molecule has 6 nitrogen and oxygen atoms in total. The number of nitrogens with one attached hydrogen (secondary N) is 3. The number of aryl methyl sites for hydroxylation is 1. The van der Waals surface area contributed by atoms with Gasteiger partial charge >= 0.3 is 0 Å². The van der Waals surface area contributed by atoms with E-state index in [-0.39, 0.29) is 6.10 Å². The summed E-state index contributed by atoms with van der Waals surface area (Å²) in [5.41, 5.74) is 3.52. The minimum Gasteiger partial charge on any atom is -0.489 e. The van der Waals surface area contributed by atoms with Crippen LogP contribution in [0.4, 0.5) is 17.5 Å². The van der Waals surface area contributed by atoms with Crippen LogP contribution in [0, 0.1) is 6.92 Å². The van der Waals surface area contributed by atoms with Gasteiger partial charge in [-0.25, -0.2) is 4.98 Å². The average molecular weight is 444 g/mol. The molecule has 2 aromatic rings. The number of hydrogen-bond acceptors (Lipinski definition) is 6. The SMILES string of the molecule is Cc1cc(Nc2nc(NC3CCCC3)ncc2Cl)c(OC(C)C)cc1C1CCNCC1. The fourth-order valence-electron chi connectivity index (χ4n) is 4.63. The van der Waals surface area contributed by atoms with Crippen LogP contribution >= 0.6 is 11.6 Å². The summed E-state index contributed by atoms with van der Waals surface area (Å²) >= 11 is 6.45. The maximum absolute atomic E-state index is 6.45. The van der Waals surface area contributed by atoms with Crippen LogP contribution in [0.5, 0.6) is 5.75 Å². The zero-order valence-corrected chi connectivity index (χ0v) is 19.6. The van der Waals surface area contributed by atoms with Crippen LogP contribution in [0.15, 0.2) is 18.3 Å². The second kappa shape index (κ2) is 10.0. The van der Waals surface area contributed by atoms with Crippen molar-refractivity contribution in [1.82, 2.24) is 15.3 Å². The van der Waals surface area contributed by atoms with Crippen LogP contribution in [0.1, 0.15) is 69.4 Å². The number of piperidine rings is 1. The highest BCUT2D eigenvalue weighted by Gasteiger charge is 2.21. The van der Waals surface area contributed by atoms with Crippen molar-refractivity contribution in [2.75, 3.05) is 23.7 Å². The Balaban J connectivity index is 1.61. The third-order valence-electron chi connectivity index (χ3n) is 6.20. The number of nitrogens with zero attached hydrogens (tertiary/aromatic N) is 2. The van der Waals surface area contributed by atoms with E-state index in [1.807, 2.05) is 0 Å². The van der Waals surface area contributed by atoms with Gasteiger partial charge in [-0.1, -0.05) is 24.4 Å². The molecule has 1 aromatic heterocycles. The number of benzene rings is 1. The fraction of sp³-hybridized carbons (Fsp3) is 0.583.